The number of rotatable bonds is 6. The van der Waals surface area contributed by atoms with Crippen LogP contribution in [0.1, 0.15) is 65.1 Å². The first-order chi connectivity index (χ1) is 13.4. The van der Waals surface area contributed by atoms with Gasteiger partial charge >= 0.3 is 0 Å². The molecule has 0 fully saturated rings. The molecule has 0 aliphatic carbocycles. The average molecular weight is 412 g/mol. The first-order valence-corrected chi connectivity index (χ1v) is 10.3. The standard InChI is InChI=1S/C16H20FN3O2S.C3H8.C2H6/c1-10(2)14-13(9-21)15(11-5-7-12(17)8-6-11)19-16(18-14)20(3)23-22-4;1-3-2;1-2/h5-8,10,21H,9H2,1-4H3;3H2,1-2H3;1-2H3. The van der Waals surface area contributed by atoms with Gasteiger partial charge in [-0.05, 0) is 30.2 Å². The summed E-state index contributed by atoms with van der Waals surface area (Å²) in [6, 6.07) is 6.05. The van der Waals surface area contributed by atoms with Crippen LogP contribution in [0.25, 0.3) is 11.3 Å². The predicted molar refractivity (Wildman–Crippen MR) is 118 cm³/mol. The number of halogens is 1. The van der Waals surface area contributed by atoms with E-state index in [0.29, 0.717) is 17.2 Å². The van der Waals surface area contributed by atoms with Gasteiger partial charge in [-0.2, -0.15) is 0 Å². The molecule has 0 saturated carbocycles. The summed E-state index contributed by atoms with van der Waals surface area (Å²) in [5.41, 5.74) is 2.76. The lowest BCUT2D eigenvalue weighted by Gasteiger charge is -2.20. The van der Waals surface area contributed by atoms with Crippen LogP contribution in [0.3, 0.4) is 0 Å². The van der Waals surface area contributed by atoms with Crippen molar-refractivity contribution in [3.05, 3.63) is 41.3 Å². The van der Waals surface area contributed by atoms with Gasteiger partial charge in [-0.3, -0.25) is 8.49 Å². The fourth-order valence-electron chi connectivity index (χ4n) is 2.25. The highest BCUT2D eigenvalue weighted by Crippen LogP contribution is 2.31. The maximum atomic E-state index is 13.2. The molecule has 1 aromatic heterocycles. The van der Waals surface area contributed by atoms with Crippen LogP contribution < -0.4 is 4.31 Å². The van der Waals surface area contributed by atoms with E-state index in [0.717, 1.165) is 23.5 Å². The lowest BCUT2D eigenvalue weighted by atomic mass is 9.99. The third-order valence-electron chi connectivity index (χ3n) is 3.32. The molecule has 2 rings (SSSR count). The van der Waals surface area contributed by atoms with Gasteiger partial charge < -0.3 is 5.11 Å². The van der Waals surface area contributed by atoms with Gasteiger partial charge in [-0.1, -0.05) is 48.0 Å². The zero-order chi connectivity index (χ0) is 21.7. The van der Waals surface area contributed by atoms with Crippen LogP contribution in [-0.4, -0.2) is 29.2 Å². The molecule has 5 nitrogen and oxygen atoms in total. The number of hydrogen-bond donors (Lipinski definition) is 1. The van der Waals surface area contributed by atoms with Crippen molar-refractivity contribution < 1.29 is 13.7 Å². The molecule has 0 unspecified atom stereocenters. The first-order valence-electron chi connectivity index (χ1n) is 9.61. The van der Waals surface area contributed by atoms with Crippen molar-refractivity contribution in [1.82, 2.24) is 9.97 Å². The Morgan fingerprint density at radius 2 is 1.68 bits per heavy atom. The SMILES string of the molecule is CC.CCC.COSN(C)c1nc(-c2ccc(F)cc2)c(CO)c(C(C)C)n1. The minimum absolute atomic E-state index is 0.110. The quantitative estimate of drug-likeness (QED) is 0.466. The lowest BCUT2D eigenvalue weighted by Crippen LogP contribution is -2.15. The van der Waals surface area contributed by atoms with E-state index in [1.165, 1.54) is 18.6 Å². The molecule has 0 radical (unpaired) electrons. The zero-order valence-electron chi connectivity index (χ0n) is 18.3. The minimum atomic E-state index is -0.315. The second-order valence-corrected chi connectivity index (χ2v) is 7.03. The van der Waals surface area contributed by atoms with E-state index >= 15 is 0 Å². The van der Waals surface area contributed by atoms with Crippen molar-refractivity contribution >= 4 is 18.2 Å². The molecule has 0 atom stereocenters. The molecule has 0 aliphatic heterocycles. The molecule has 0 aliphatic rings. The molecular formula is C21H34FN3O2S. The van der Waals surface area contributed by atoms with Crippen LogP contribution in [0.2, 0.25) is 0 Å². The van der Waals surface area contributed by atoms with Crippen molar-refractivity contribution in [2.75, 3.05) is 18.5 Å². The molecule has 0 saturated heterocycles. The Labute approximate surface area is 173 Å². The molecule has 28 heavy (non-hydrogen) atoms. The molecule has 1 heterocycles. The summed E-state index contributed by atoms with van der Waals surface area (Å²) in [5, 5.41) is 9.80. The van der Waals surface area contributed by atoms with Gasteiger partial charge in [-0.25, -0.2) is 14.4 Å². The van der Waals surface area contributed by atoms with Gasteiger partial charge in [0.25, 0.3) is 0 Å². The largest absolute Gasteiger partial charge is 0.392 e. The molecule has 1 N–H and O–H groups in total. The number of aliphatic hydroxyl groups excluding tert-OH is 1. The Kier molecular flexibility index (Phi) is 13.5. The monoisotopic (exact) mass is 411 g/mol. The van der Waals surface area contributed by atoms with E-state index in [2.05, 4.69) is 23.8 Å². The molecule has 0 amide bonds. The summed E-state index contributed by atoms with van der Waals surface area (Å²) >= 11 is 1.11. The van der Waals surface area contributed by atoms with Crippen molar-refractivity contribution in [3.63, 3.8) is 0 Å². The van der Waals surface area contributed by atoms with E-state index in [1.54, 1.807) is 30.6 Å². The van der Waals surface area contributed by atoms with Gasteiger partial charge in [-0.15, -0.1) is 0 Å². The second-order valence-electron chi connectivity index (χ2n) is 6.00. The van der Waals surface area contributed by atoms with Crippen molar-refractivity contribution in [1.29, 1.82) is 0 Å². The summed E-state index contributed by atoms with van der Waals surface area (Å²) in [5.74, 6) is 0.265. The summed E-state index contributed by atoms with van der Waals surface area (Å²) in [6.07, 6.45) is 1.25. The number of hydrogen-bond acceptors (Lipinski definition) is 6. The number of aliphatic hydroxyl groups is 1. The average Bonchev–Trinajstić information content (AvgIpc) is 2.69. The highest BCUT2D eigenvalue weighted by atomic mass is 32.2. The van der Waals surface area contributed by atoms with Gasteiger partial charge in [0.15, 0.2) is 0 Å². The molecule has 2 aromatic rings. The molecule has 1 aromatic carbocycles. The van der Waals surface area contributed by atoms with Crippen molar-refractivity contribution in [2.45, 2.75) is 60.5 Å². The Morgan fingerprint density at radius 3 is 2.11 bits per heavy atom. The van der Waals surface area contributed by atoms with Crippen LogP contribution in [0.4, 0.5) is 10.3 Å². The van der Waals surface area contributed by atoms with E-state index < -0.39 is 0 Å². The third-order valence-corrected chi connectivity index (χ3v) is 3.85. The summed E-state index contributed by atoms with van der Waals surface area (Å²) < 4.78 is 19.9. The highest BCUT2D eigenvalue weighted by Gasteiger charge is 2.19. The Morgan fingerprint density at radius 1 is 1.14 bits per heavy atom. The van der Waals surface area contributed by atoms with Crippen LogP contribution in [-0.2, 0) is 10.8 Å². The van der Waals surface area contributed by atoms with Crippen LogP contribution >= 0.6 is 12.2 Å². The number of nitrogens with zero attached hydrogens (tertiary/aromatic N) is 3. The predicted octanol–water partition coefficient (Wildman–Crippen LogP) is 5.99. The Hall–Kier alpha value is -1.70. The van der Waals surface area contributed by atoms with Gasteiger partial charge in [0.2, 0.25) is 5.95 Å². The minimum Gasteiger partial charge on any atom is -0.392 e. The summed E-state index contributed by atoms with van der Waals surface area (Å²) in [7, 11) is 3.36. The van der Waals surface area contributed by atoms with E-state index in [-0.39, 0.29) is 18.3 Å². The van der Waals surface area contributed by atoms with Crippen molar-refractivity contribution in [2.24, 2.45) is 0 Å². The summed E-state index contributed by atoms with van der Waals surface area (Å²) in [6.45, 7) is 12.1. The first kappa shape index (κ1) is 26.3. The van der Waals surface area contributed by atoms with Gasteiger partial charge in [0.05, 0.1) is 25.1 Å². The number of benzene rings is 1. The van der Waals surface area contributed by atoms with Gasteiger partial charge in [0, 0.05) is 18.2 Å². The highest BCUT2D eigenvalue weighted by molar-refractivity contribution is 7.96. The van der Waals surface area contributed by atoms with E-state index in [1.807, 2.05) is 27.7 Å². The van der Waals surface area contributed by atoms with E-state index in [4.69, 9.17) is 4.18 Å². The lowest BCUT2D eigenvalue weighted by molar-refractivity contribution is 0.279. The summed E-state index contributed by atoms with van der Waals surface area (Å²) in [4.78, 5) is 9.08. The number of aromatic nitrogens is 2. The topological polar surface area (TPSA) is 58.5 Å². The second kappa shape index (κ2) is 14.3. The smallest absolute Gasteiger partial charge is 0.237 e. The fraction of sp³-hybridized carbons (Fsp3) is 0.524. The van der Waals surface area contributed by atoms with Crippen molar-refractivity contribution in [3.8, 4) is 11.3 Å². The number of anilines is 1. The Bertz CT molecular complexity index is 682. The molecule has 7 heteroatoms. The van der Waals surface area contributed by atoms with Crippen LogP contribution in [0, 0.1) is 5.82 Å². The maximum Gasteiger partial charge on any atom is 0.237 e. The molecule has 0 bridgehead atoms. The maximum absolute atomic E-state index is 13.2. The zero-order valence-corrected chi connectivity index (χ0v) is 19.1. The molecular weight excluding hydrogens is 377 g/mol. The van der Waals surface area contributed by atoms with Crippen LogP contribution in [0.15, 0.2) is 24.3 Å². The molecule has 0 spiro atoms. The third kappa shape index (κ3) is 7.73. The van der Waals surface area contributed by atoms with Gasteiger partial charge in [0.1, 0.15) is 18.0 Å². The normalized spacial score (nSPS) is 9.96. The Balaban J connectivity index is 0.00000133. The van der Waals surface area contributed by atoms with Crippen LogP contribution in [0.5, 0.6) is 0 Å². The molecule has 158 valence electrons. The van der Waals surface area contributed by atoms with E-state index in [9.17, 15) is 9.50 Å². The fourth-order valence-corrected chi connectivity index (χ4v) is 2.63.